The Balaban J connectivity index is 2.22. The molecular weight excluding hydrogens is 305 g/mol. The van der Waals surface area contributed by atoms with Gasteiger partial charge in [-0.3, -0.25) is 10.1 Å². The van der Waals surface area contributed by atoms with Crippen LogP contribution in [0.3, 0.4) is 0 Å². The maximum Gasteiger partial charge on any atom is 0.416 e. The molecule has 1 aliphatic carbocycles. The van der Waals surface area contributed by atoms with Gasteiger partial charge in [-0.2, -0.15) is 13.2 Å². The molecule has 0 spiro atoms. The number of likely N-dealkylation sites (N-methyl/N-ethyl adjacent to an activating group) is 1. The van der Waals surface area contributed by atoms with Gasteiger partial charge in [0.2, 0.25) is 5.91 Å². The van der Waals surface area contributed by atoms with Crippen molar-refractivity contribution in [1.29, 1.82) is 0 Å². The summed E-state index contributed by atoms with van der Waals surface area (Å²) in [6, 6.07) is 3.30. The van der Waals surface area contributed by atoms with E-state index in [9.17, 15) is 18.0 Å². The highest BCUT2D eigenvalue weighted by Crippen LogP contribution is 2.49. The second kappa shape index (κ2) is 5.50. The molecule has 0 aromatic heterocycles. The summed E-state index contributed by atoms with van der Waals surface area (Å²) < 4.78 is 38.4. The van der Waals surface area contributed by atoms with Crippen LogP contribution in [0.5, 0.6) is 0 Å². The number of nitrogens with one attached hydrogen (secondary N) is 1. The lowest BCUT2D eigenvalue weighted by Crippen LogP contribution is -2.39. The van der Waals surface area contributed by atoms with E-state index in [-0.39, 0.29) is 17.5 Å². The maximum atomic E-state index is 12.8. The largest absolute Gasteiger partial charge is 0.416 e. The highest BCUT2D eigenvalue weighted by atomic mass is 35.5. The molecule has 1 aromatic carbocycles. The first-order valence-electron chi connectivity index (χ1n) is 6.48. The summed E-state index contributed by atoms with van der Waals surface area (Å²) in [5, 5.41) is 3.33. The Morgan fingerprint density at radius 2 is 2.00 bits per heavy atom. The van der Waals surface area contributed by atoms with Crippen LogP contribution < -0.4 is 5.32 Å². The zero-order valence-corrected chi connectivity index (χ0v) is 12.5. The van der Waals surface area contributed by atoms with Gasteiger partial charge in [-0.25, -0.2) is 0 Å². The quantitative estimate of drug-likeness (QED) is 0.925. The monoisotopic (exact) mass is 320 g/mol. The predicted molar refractivity (Wildman–Crippen MR) is 74.1 cm³/mol. The van der Waals surface area contributed by atoms with Crippen LogP contribution in [-0.4, -0.2) is 31.4 Å². The smallest absolute Gasteiger partial charge is 0.348 e. The lowest BCUT2D eigenvalue weighted by molar-refractivity contribution is -0.137. The molecule has 3 nitrogen and oxygen atoms in total. The molecule has 0 atom stereocenters. The second-order valence-corrected chi connectivity index (χ2v) is 5.82. The maximum absolute atomic E-state index is 12.8. The topological polar surface area (TPSA) is 32.3 Å². The Labute approximate surface area is 126 Å². The number of amides is 1. The molecule has 1 amide bonds. The number of carbonyl (C=O) groups is 1. The van der Waals surface area contributed by atoms with Crippen molar-refractivity contribution in [1.82, 2.24) is 10.2 Å². The van der Waals surface area contributed by atoms with E-state index in [1.165, 1.54) is 11.0 Å². The number of carbonyl (C=O) groups excluding carboxylic acids is 1. The van der Waals surface area contributed by atoms with Crippen LogP contribution >= 0.6 is 11.6 Å². The van der Waals surface area contributed by atoms with Gasteiger partial charge in [-0.15, -0.1) is 0 Å². The normalized spacial score (nSPS) is 16.7. The van der Waals surface area contributed by atoms with Gasteiger partial charge in [0.15, 0.2) is 0 Å². The van der Waals surface area contributed by atoms with Gasteiger partial charge in [0, 0.05) is 24.7 Å². The summed E-state index contributed by atoms with van der Waals surface area (Å²) >= 11 is 6.05. The van der Waals surface area contributed by atoms with Crippen molar-refractivity contribution in [2.24, 2.45) is 0 Å². The van der Waals surface area contributed by atoms with Crippen molar-refractivity contribution in [3.63, 3.8) is 0 Å². The summed E-state index contributed by atoms with van der Waals surface area (Å²) in [6.07, 6.45) is -3.08. The average molecular weight is 321 g/mol. The van der Waals surface area contributed by atoms with Gasteiger partial charge in [0.1, 0.15) is 0 Å². The minimum absolute atomic E-state index is 0.0690. The number of halogens is 4. The van der Waals surface area contributed by atoms with Gasteiger partial charge in [0.05, 0.1) is 12.1 Å². The average Bonchev–Trinajstić information content (AvgIpc) is 3.16. The molecule has 0 aliphatic heterocycles. The summed E-state index contributed by atoms with van der Waals surface area (Å²) in [7, 11) is 3.25. The molecule has 1 saturated carbocycles. The van der Waals surface area contributed by atoms with Crippen molar-refractivity contribution >= 4 is 17.5 Å². The summed E-state index contributed by atoms with van der Waals surface area (Å²) in [5.41, 5.74) is -0.941. The van der Waals surface area contributed by atoms with E-state index in [2.05, 4.69) is 5.32 Å². The number of nitrogens with zero attached hydrogens (tertiary/aromatic N) is 1. The van der Waals surface area contributed by atoms with Crippen LogP contribution in [0.25, 0.3) is 0 Å². The van der Waals surface area contributed by atoms with E-state index in [1.54, 1.807) is 14.1 Å². The third-order valence-corrected chi connectivity index (χ3v) is 3.97. The third-order valence-electron chi connectivity index (χ3n) is 3.64. The third kappa shape index (κ3) is 3.49. The number of alkyl halides is 3. The van der Waals surface area contributed by atoms with Gasteiger partial charge in [-0.1, -0.05) is 11.6 Å². The zero-order valence-electron chi connectivity index (χ0n) is 11.7. The molecule has 1 N–H and O–H groups in total. The molecular formula is C14H16ClF3N2O. The van der Waals surface area contributed by atoms with Crippen molar-refractivity contribution in [2.45, 2.75) is 24.6 Å². The van der Waals surface area contributed by atoms with Gasteiger partial charge >= 0.3 is 6.18 Å². The molecule has 1 aromatic rings. The van der Waals surface area contributed by atoms with Crippen LogP contribution in [-0.2, 0) is 16.5 Å². The molecule has 7 heteroatoms. The fourth-order valence-corrected chi connectivity index (χ4v) is 2.44. The highest BCUT2D eigenvalue weighted by Gasteiger charge is 2.46. The number of hydrogen-bond donors (Lipinski definition) is 1. The SMILES string of the molecule is CN(C)C(=O)CNC1(c2cc(C(F)(F)F)ccc2Cl)CC1. The van der Waals surface area contributed by atoms with E-state index >= 15 is 0 Å². The van der Waals surface area contributed by atoms with Gasteiger partial charge < -0.3 is 4.90 Å². The van der Waals surface area contributed by atoms with Crippen molar-refractivity contribution < 1.29 is 18.0 Å². The highest BCUT2D eigenvalue weighted by molar-refractivity contribution is 6.31. The second-order valence-electron chi connectivity index (χ2n) is 5.42. The molecule has 2 rings (SSSR count). The Hall–Kier alpha value is -1.27. The van der Waals surface area contributed by atoms with Crippen LogP contribution in [0, 0.1) is 0 Å². The molecule has 116 valence electrons. The lowest BCUT2D eigenvalue weighted by atomic mass is 10.0. The Morgan fingerprint density at radius 3 is 2.48 bits per heavy atom. The summed E-state index contributed by atoms with van der Waals surface area (Å²) in [4.78, 5) is 13.0. The van der Waals surface area contributed by atoms with Crippen molar-refractivity contribution in [2.75, 3.05) is 20.6 Å². The van der Waals surface area contributed by atoms with Crippen LogP contribution in [0.2, 0.25) is 5.02 Å². The first-order chi connectivity index (χ1) is 9.66. The first-order valence-corrected chi connectivity index (χ1v) is 6.86. The predicted octanol–water partition coefficient (Wildman–Crippen LogP) is 3.03. The van der Waals surface area contributed by atoms with E-state index in [4.69, 9.17) is 11.6 Å². The zero-order chi connectivity index (χ0) is 15.8. The summed E-state index contributed by atoms with van der Waals surface area (Å²) in [5.74, 6) is -0.135. The Kier molecular flexibility index (Phi) is 4.22. The molecule has 0 bridgehead atoms. The van der Waals surface area contributed by atoms with E-state index in [0.29, 0.717) is 18.4 Å². The van der Waals surface area contributed by atoms with Crippen LogP contribution in [0.1, 0.15) is 24.0 Å². The number of rotatable bonds is 4. The molecule has 21 heavy (non-hydrogen) atoms. The fraction of sp³-hybridized carbons (Fsp3) is 0.500. The molecule has 1 fully saturated rings. The Bertz CT molecular complexity index is 554. The van der Waals surface area contributed by atoms with E-state index in [1.807, 2.05) is 0 Å². The minimum atomic E-state index is -4.41. The van der Waals surface area contributed by atoms with Gasteiger partial charge in [-0.05, 0) is 36.6 Å². The fourth-order valence-electron chi connectivity index (χ4n) is 2.14. The standard InChI is InChI=1S/C14H16ClF3N2O/c1-20(2)12(21)8-19-13(5-6-13)10-7-9(14(16,17)18)3-4-11(10)15/h3-4,7,19H,5-6,8H2,1-2H3. The molecule has 0 radical (unpaired) electrons. The lowest BCUT2D eigenvalue weighted by Gasteiger charge is -2.21. The molecule has 0 heterocycles. The Morgan fingerprint density at radius 1 is 1.38 bits per heavy atom. The molecule has 1 aliphatic rings. The van der Waals surface area contributed by atoms with E-state index < -0.39 is 17.3 Å². The van der Waals surface area contributed by atoms with Crippen LogP contribution in [0.4, 0.5) is 13.2 Å². The number of hydrogen-bond acceptors (Lipinski definition) is 2. The van der Waals surface area contributed by atoms with Crippen molar-refractivity contribution in [3.8, 4) is 0 Å². The molecule has 0 unspecified atom stereocenters. The van der Waals surface area contributed by atoms with Crippen LogP contribution in [0.15, 0.2) is 18.2 Å². The summed E-state index contributed by atoms with van der Waals surface area (Å²) in [6.45, 7) is 0.0690. The van der Waals surface area contributed by atoms with Crippen molar-refractivity contribution in [3.05, 3.63) is 34.3 Å². The van der Waals surface area contributed by atoms with Gasteiger partial charge in [0.25, 0.3) is 0 Å². The molecule has 0 saturated heterocycles. The first kappa shape index (κ1) is 16.1. The minimum Gasteiger partial charge on any atom is -0.348 e. The number of benzene rings is 1. The van der Waals surface area contributed by atoms with E-state index in [0.717, 1.165) is 12.1 Å².